The van der Waals surface area contributed by atoms with Gasteiger partial charge < -0.3 is 5.73 Å². The quantitative estimate of drug-likeness (QED) is 0.831. The lowest BCUT2D eigenvalue weighted by Gasteiger charge is -2.26. The molecular weight excluding hydrogens is 386 g/mol. The van der Waals surface area contributed by atoms with Gasteiger partial charge in [0.25, 0.3) is 5.91 Å². The number of fused-ring (bicyclic) bond motifs is 1. The molecule has 1 atom stereocenters. The van der Waals surface area contributed by atoms with E-state index in [1.165, 1.54) is 5.57 Å². The average Bonchev–Trinajstić information content (AvgIpc) is 2.69. The average molecular weight is 414 g/mol. The van der Waals surface area contributed by atoms with Crippen molar-refractivity contribution >= 4 is 32.4 Å². The molecule has 1 unspecified atom stereocenters. The van der Waals surface area contributed by atoms with Crippen LogP contribution in [0.5, 0.6) is 0 Å². The minimum absolute atomic E-state index is 0.210. The van der Waals surface area contributed by atoms with Crippen LogP contribution in [0.1, 0.15) is 60.6 Å². The second-order valence-corrected chi connectivity index (χ2v) is 10.3. The molecule has 1 aromatic heterocycles. The Balaban J connectivity index is 1.75. The van der Waals surface area contributed by atoms with E-state index in [9.17, 15) is 13.2 Å². The topological polar surface area (TPSA) is 93.4 Å². The van der Waals surface area contributed by atoms with Gasteiger partial charge in [0.2, 0.25) is 10.0 Å². The van der Waals surface area contributed by atoms with Gasteiger partial charge in [-0.15, -0.1) is 0 Å². The Morgan fingerprint density at radius 1 is 1.28 bits per heavy atom. The monoisotopic (exact) mass is 413 g/mol. The number of rotatable bonds is 4. The second kappa shape index (κ2) is 7.88. The van der Waals surface area contributed by atoms with Crippen molar-refractivity contribution in [1.29, 1.82) is 0 Å². The molecular formula is C22H27N3O3S. The van der Waals surface area contributed by atoms with Crippen LogP contribution in [0.2, 0.25) is 0 Å². The minimum atomic E-state index is -3.20. The third-order valence-corrected chi connectivity index (χ3v) is 7.86. The van der Waals surface area contributed by atoms with Crippen molar-refractivity contribution in [3.8, 4) is 0 Å². The highest BCUT2D eigenvalue weighted by molar-refractivity contribution is 7.89. The Morgan fingerprint density at radius 3 is 2.79 bits per heavy atom. The molecule has 0 radical (unpaired) electrons. The van der Waals surface area contributed by atoms with E-state index in [0.29, 0.717) is 24.5 Å². The van der Waals surface area contributed by atoms with Crippen LogP contribution in [0, 0.1) is 5.92 Å². The Kier molecular flexibility index (Phi) is 5.44. The fourth-order valence-corrected chi connectivity index (χ4v) is 5.78. The van der Waals surface area contributed by atoms with Crippen LogP contribution in [0.4, 0.5) is 0 Å². The Hall–Kier alpha value is -2.25. The third-order valence-electron chi connectivity index (χ3n) is 5.96. The van der Waals surface area contributed by atoms with Crippen LogP contribution < -0.4 is 5.73 Å². The van der Waals surface area contributed by atoms with Crippen LogP contribution >= 0.6 is 0 Å². The van der Waals surface area contributed by atoms with Gasteiger partial charge in [0.05, 0.1) is 11.3 Å². The van der Waals surface area contributed by atoms with E-state index < -0.39 is 15.9 Å². The van der Waals surface area contributed by atoms with Gasteiger partial charge in [-0.1, -0.05) is 25.1 Å². The first-order chi connectivity index (χ1) is 13.8. The van der Waals surface area contributed by atoms with Gasteiger partial charge in [-0.05, 0) is 66.9 Å². The number of pyridine rings is 1. The first kappa shape index (κ1) is 20.0. The van der Waals surface area contributed by atoms with Crippen molar-refractivity contribution in [2.75, 3.05) is 12.3 Å². The molecule has 2 aromatic rings. The first-order valence-electron chi connectivity index (χ1n) is 10.2. The summed E-state index contributed by atoms with van der Waals surface area (Å²) in [4.78, 5) is 16.3. The van der Waals surface area contributed by atoms with Crippen molar-refractivity contribution in [3.63, 3.8) is 0 Å². The number of carbonyl (C=O) groups is 1. The van der Waals surface area contributed by atoms with Crippen LogP contribution in [0.25, 0.3) is 16.5 Å². The molecule has 1 aliphatic carbocycles. The van der Waals surface area contributed by atoms with Crippen molar-refractivity contribution in [2.24, 2.45) is 11.7 Å². The summed E-state index contributed by atoms with van der Waals surface area (Å²) in [5, 5.41) is 0.973. The van der Waals surface area contributed by atoms with E-state index in [1.807, 2.05) is 18.2 Å². The van der Waals surface area contributed by atoms with Crippen LogP contribution in [-0.4, -0.2) is 35.9 Å². The zero-order valence-electron chi connectivity index (χ0n) is 16.7. The predicted octanol–water partition coefficient (Wildman–Crippen LogP) is 3.46. The van der Waals surface area contributed by atoms with E-state index in [1.54, 1.807) is 10.4 Å². The number of hydrogen-bond donors (Lipinski definition) is 1. The maximum Gasteiger partial charge on any atom is 0.267 e. The molecule has 2 N–H and O–H groups in total. The number of carbonyl (C=O) groups excluding carboxylic acids is 1. The van der Waals surface area contributed by atoms with Gasteiger partial charge in [0, 0.05) is 18.5 Å². The normalized spacial score (nSPS) is 22.4. The summed E-state index contributed by atoms with van der Waals surface area (Å²) in [5.41, 5.74) is 9.57. The van der Waals surface area contributed by atoms with Crippen LogP contribution in [0.3, 0.4) is 0 Å². The van der Waals surface area contributed by atoms with Crippen LogP contribution in [0.15, 0.2) is 30.3 Å². The highest BCUT2D eigenvalue weighted by Crippen LogP contribution is 2.34. The molecule has 1 amide bonds. The van der Waals surface area contributed by atoms with Crippen molar-refractivity contribution in [2.45, 2.75) is 45.6 Å². The van der Waals surface area contributed by atoms with Gasteiger partial charge in [-0.25, -0.2) is 13.4 Å². The molecule has 4 rings (SSSR count). The Bertz CT molecular complexity index is 1090. The SMILES string of the molecule is CC1CC=C(c2cc(C(N)=O)nc3cc(CN4CCCCS4(=O)=O)ccc23)CC1. The first-order valence-corrected chi connectivity index (χ1v) is 11.8. The summed E-state index contributed by atoms with van der Waals surface area (Å²) >= 11 is 0. The zero-order chi connectivity index (χ0) is 20.6. The number of aromatic nitrogens is 1. The molecule has 7 heteroatoms. The van der Waals surface area contributed by atoms with Crippen molar-refractivity contribution < 1.29 is 13.2 Å². The highest BCUT2D eigenvalue weighted by Gasteiger charge is 2.26. The molecule has 0 saturated carbocycles. The molecule has 0 bridgehead atoms. The molecule has 1 aliphatic heterocycles. The van der Waals surface area contributed by atoms with E-state index >= 15 is 0 Å². The molecule has 154 valence electrons. The number of benzene rings is 1. The maximum atomic E-state index is 12.3. The lowest BCUT2D eigenvalue weighted by Crippen LogP contribution is -2.37. The standard InChI is InChI=1S/C22H27N3O3S/c1-15-4-7-17(8-5-15)19-13-21(22(23)26)24-20-12-16(6-9-18(19)20)14-25-10-2-3-11-29(25,27)28/h6-7,9,12-13,15H,2-5,8,10-11,14H2,1H3,(H2,23,26). The fraction of sp³-hybridized carbons (Fsp3) is 0.455. The molecule has 1 fully saturated rings. The fourth-order valence-electron chi connectivity index (χ4n) is 4.20. The van der Waals surface area contributed by atoms with Crippen molar-refractivity contribution in [3.05, 3.63) is 47.2 Å². The summed E-state index contributed by atoms with van der Waals surface area (Å²) in [7, 11) is -3.20. The van der Waals surface area contributed by atoms with E-state index in [2.05, 4.69) is 18.0 Å². The molecule has 2 heterocycles. The van der Waals surface area contributed by atoms with E-state index in [0.717, 1.165) is 48.6 Å². The van der Waals surface area contributed by atoms with Gasteiger partial charge >= 0.3 is 0 Å². The lowest BCUT2D eigenvalue weighted by molar-refractivity contribution is 0.0996. The Labute approximate surface area is 171 Å². The lowest BCUT2D eigenvalue weighted by atomic mass is 9.86. The van der Waals surface area contributed by atoms with Gasteiger partial charge in [-0.2, -0.15) is 4.31 Å². The van der Waals surface area contributed by atoms with Gasteiger partial charge in [0.1, 0.15) is 5.69 Å². The van der Waals surface area contributed by atoms with E-state index in [4.69, 9.17) is 5.73 Å². The molecule has 1 aromatic carbocycles. The number of allylic oxidation sites excluding steroid dienone is 2. The second-order valence-electron chi connectivity index (χ2n) is 8.24. The summed E-state index contributed by atoms with van der Waals surface area (Å²) < 4.78 is 26.2. The maximum absolute atomic E-state index is 12.3. The van der Waals surface area contributed by atoms with Gasteiger partial charge in [0.15, 0.2) is 0 Å². The highest BCUT2D eigenvalue weighted by atomic mass is 32.2. The smallest absolute Gasteiger partial charge is 0.267 e. The summed E-state index contributed by atoms with van der Waals surface area (Å²) in [6.45, 7) is 3.12. The summed E-state index contributed by atoms with van der Waals surface area (Å²) in [5.74, 6) is 0.323. The minimum Gasteiger partial charge on any atom is -0.364 e. The number of nitrogens with two attached hydrogens (primary N) is 1. The third kappa shape index (κ3) is 4.21. The zero-order valence-corrected chi connectivity index (χ0v) is 17.5. The molecule has 6 nitrogen and oxygen atoms in total. The number of sulfonamides is 1. The molecule has 29 heavy (non-hydrogen) atoms. The Morgan fingerprint density at radius 2 is 2.10 bits per heavy atom. The number of hydrogen-bond acceptors (Lipinski definition) is 4. The number of nitrogens with zero attached hydrogens (tertiary/aromatic N) is 2. The van der Waals surface area contributed by atoms with E-state index in [-0.39, 0.29) is 11.4 Å². The number of amides is 1. The summed E-state index contributed by atoms with van der Waals surface area (Å²) in [6.07, 6.45) is 6.96. The summed E-state index contributed by atoms with van der Waals surface area (Å²) in [6, 6.07) is 7.64. The predicted molar refractivity (Wildman–Crippen MR) is 115 cm³/mol. The van der Waals surface area contributed by atoms with Crippen molar-refractivity contribution in [1.82, 2.24) is 9.29 Å². The number of primary amides is 1. The van der Waals surface area contributed by atoms with Crippen LogP contribution in [-0.2, 0) is 16.6 Å². The molecule has 1 saturated heterocycles. The molecule has 2 aliphatic rings. The van der Waals surface area contributed by atoms with Gasteiger partial charge in [-0.3, -0.25) is 4.79 Å². The largest absolute Gasteiger partial charge is 0.364 e. The molecule has 0 spiro atoms.